The first-order chi connectivity index (χ1) is 4.83. The van der Waals surface area contributed by atoms with Crippen LogP contribution in [0.15, 0.2) is 12.5 Å². The number of alkyl carbamates (subject to hydrolysis) is 1. The fourth-order valence-electron chi connectivity index (χ4n) is 0.426. The zero-order valence-corrected chi connectivity index (χ0v) is 5.37. The second-order valence-corrected chi connectivity index (χ2v) is 1.49. The Bertz CT molecular complexity index is 148. The van der Waals surface area contributed by atoms with Crippen molar-refractivity contribution in [2.75, 3.05) is 7.05 Å². The van der Waals surface area contributed by atoms with E-state index in [4.69, 9.17) is 0 Å². The lowest BCUT2D eigenvalue weighted by Crippen LogP contribution is -2.26. The van der Waals surface area contributed by atoms with Gasteiger partial charge in [0.2, 0.25) is 0 Å². The summed E-state index contributed by atoms with van der Waals surface area (Å²) in [6.07, 6.45) is 2.01. The van der Waals surface area contributed by atoms with Gasteiger partial charge in [0.25, 0.3) is 0 Å². The van der Waals surface area contributed by atoms with Gasteiger partial charge in [0.15, 0.2) is 0 Å². The average Bonchev–Trinajstić information content (AvgIpc) is 2.40. The molecule has 0 spiro atoms. The van der Waals surface area contributed by atoms with Gasteiger partial charge in [-0.3, -0.25) is 0 Å². The SMILES string of the molecule is CNC(=O)OC1OC=CO1. The van der Waals surface area contributed by atoms with Gasteiger partial charge in [0.05, 0.1) is 0 Å². The number of carbonyl (C=O) groups excluding carboxylic acids is 1. The van der Waals surface area contributed by atoms with Crippen LogP contribution in [0.2, 0.25) is 0 Å². The van der Waals surface area contributed by atoms with Crippen LogP contribution in [0.3, 0.4) is 0 Å². The zero-order chi connectivity index (χ0) is 7.40. The molecule has 0 unspecified atom stereocenters. The molecule has 0 radical (unpaired) electrons. The van der Waals surface area contributed by atoms with E-state index in [0.717, 1.165) is 0 Å². The van der Waals surface area contributed by atoms with Crippen LogP contribution in [-0.4, -0.2) is 19.6 Å². The summed E-state index contributed by atoms with van der Waals surface area (Å²) < 4.78 is 13.8. The van der Waals surface area contributed by atoms with Crippen molar-refractivity contribution in [3.8, 4) is 0 Å². The molecular formula is C5H7NO4. The Morgan fingerprint density at radius 2 is 2.20 bits per heavy atom. The maximum absolute atomic E-state index is 10.4. The maximum atomic E-state index is 10.4. The predicted molar refractivity (Wildman–Crippen MR) is 30.6 cm³/mol. The molecule has 1 N–H and O–H groups in total. The molecule has 0 fully saturated rings. The van der Waals surface area contributed by atoms with Crippen LogP contribution in [0.5, 0.6) is 0 Å². The van der Waals surface area contributed by atoms with Gasteiger partial charge in [-0.15, -0.1) is 0 Å². The molecular weight excluding hydrogens is 138 g/mol. The molecule has 0 saturated carbocycles. The molecule has 5 nitrogen and oxygen atoms in total. The smallest absolute Gasteiger partial charge is 0.412 e. The van der Waals surface area contributed by atoms with Crippen LogP contribution < -0.4 is 5.32 Å². The first-order valence-corrected chi connectivity index (χ1v) is 2.67. The van der Waals surface area contributed by atoms with E-state index in [0.29, 0.717) is 0 Å². The minimum Gasteiger partial charge on any atom is -0.427 e. The van der Waals surface area contributed by atoms with Gasteiger partial charge in [-0.05, 0) is 0 Å². The molecule has 0 atom stereocenters. The zero-order valence-electron chi connectivity index (χ0n) is 5.37. The minimum atomic E-state index is -0.931. The number of rotatable bonds is 1. The number of ether oxygens (including phenoxy) is 3. The molecule has 10 heavy (non-hydrogen) atoms. The Kier molecular flexibility index (Phi) is 1.99. The quantitative estimate of drug-likeness (QED) is 0.570. The topological polar surface area (TPSA) is 56.8 Å². The second-order valence-electron chi connectivity index (χ2n) is 1.49. The number of nitrogens with one attached hydrogen (secondary N) is 1. The number of hydrogen-bond donors (Lipinski definition) is 1. The normalized spacial score (nSPS) is 15.7. The summed E-state index contributed by atoms with van der Waals surface area (Å²) in [5.74, 6) is 0. The third-order valence-electron chi connectivity index (χ3n) is 0.842. The number of hydrogen-bond acceptors (Lipinski definition) is 4. The number of carbonyl (C=O) groups is 1. The van der Waals surface area contributed by atoms with Crippen LogP contribution >= 0.6 is 0 Å². The lowest BCUT2D eigenvalue weighted by atomic mass is 11.1. The van der Waals surface area contributed by atoms with Crippen LogP contribution in [0.25, 0.3) is 0 Å². The summed E-state index contributed by atoms with van der Waals surface area (Å²) in [5.41, 5.74) is 0. The van der Waals surface area contributed by atoms with Crippen molar-refractivity contribution in [1.29, 1.82) is 0 Å². The average molecular weight is 145 g/mol. The Labute approximate surface area is 57.6 Å². The highest BCUT2D eigenvalue weighted by Gasteiger charge is 2.16. The molecule has 5 heteroatoms. The highest BCUT2D eigenvalue weighted by molar-refractivity contribution is 5.66. The van der Waals surface area contributed by atoms with Crippen molar-refractivity contribution < 1.29 is 19.0 Å². The largest absolute Gasteiger partial charge is 0.427 e. The third-order valence-corrected chi connectivity index (χ3v) is 0.842. The van der Waals surface area contributed by atoms with Gasteiger partial charge < -0.3 is 19.5 Å². The molecule has 0 aromatic heterocycles. The van der Waals surface area contributed by atoms with Gasteiger partial charge in [0.1, 0.15) is 12.5 Å². The molecule has 1 heterocycles. The molecule has 56 valence electrons. The lowest BCUT2D eigenvalue weighted by Gasteiger charge is -2.09. The summed E-state index contributed by atoms with van der Waals surface area (Å²) in [7, 11) is 1.45. The number of amides is 1. The van der Waals surface area contributed by atoms with Crippen LogP contribution in [0, 0.1) is 0 Å². The summed E-state index contributed by atoms with van der Waals surface area (Å²) in [6.45, 7) is -0.931. The van der Waals surface area contributed by atoms with Gasteiger partial charge in [0, 0.05) is 7.05 Å². The van der Waals surface area contributed by atoms with E-state index in [-0.39, 0.29) is 0 Å². The van der Waals surface area contributed by atoms with Crippen LogP contribution in [-0.2, 0) is 14.2 Å². The van der Waals surface area contributed by atoms with Crippen LogP contribution in [0.4, 0.5) is 4.79 Å². The maximum Gasteiger partial charge on any atom is 0.412 e. The van der Waals surface area contributed by atoms with E-state index >= 15 is 0 Å². The molecule has 1 aliphatic heterocycles. The molecule has 0 aliphatic carbocycles. The van der Waals surface area contributed by atoms with E-state index in [1.54, 1.807) is 0 Å². The molecule has 0 bridgehead atoms. The van der Waals surface area contributed by atoms with Crippen molar-refractivity contribution in [2.24, 2.45) is 0 Å². The van der Waals surface area contributed by atoms with E-state index in [2.05, 4.69) is 19.5 Å². The Morgan fingerprint density at radius 1 is 1.60 bits per heavy atom. The summed E-state index contributed by atoms with van der Waals surface area (Å²) >= 11 is 0. The Hall–Kier alpha value is -1.39. The van der Waals surface area contributed by atoms with E-state index < -0.39 is 12.6 Å². The van der Waals surface area contributed by atoms with Gasteiger partial charge in [-0.2, -0.15) is 0 Å². The van der Waals surface area contributed by atoms with Crippen molar-refractivity contribution in [3.05, 3.63) is 12.5 Å². The summed E-state index contributed by atoms with van der Waals surface area (Å²) in [4.78, 5) is 10.4. The molecule has 1 aliphatic rings. The molecule has 1 rings (SSSR count). The highest BCUT2D eigenvalue weighted by atomic mass is 16.9. The first kappa shape index (κ1) is 6.73. The minimum absolute atomic E-state index is 0.589. The molecule has 0 saturated heterocycles. The molecule has 1 amide bonds. The fraction of sp³-hybridized carbons (Fsp3) is 0.400. The third kappa shape index (κ3) is 1.54. The molecule has 0 aromatic carbocycles. The van der Waals surface area contributed by atoms with E-state index in [1.807, 2.05) is 0 Å². The lowest BCUT2D eigenvalue weighted by molar-refractivity contribution is -0.182. The Balaban J connectivity index is 2.19. The standard InChI is InChI=1S/C5H7NO4/c1-6-4(7)10-5-8-2-3-9-5/h2-3,5H,1H3,(H,6,7). The van der Waals surface area contributed by atoms with Crippen molar-refractivity contribution >= 4 is 6.09 Å². The van der Waals surface area contributed by atoms with Gasteiger partial charge in [-0.25, -0.2) is 4.79 Å². The van der Waals surface area contributed by atoms with Crippen molar-refractivity contribution in [2.45, 2.75) is 6.48 Å². The summed E-state index contributed by atoms with van der Waals surface area (Å²) in [6, 6.07) is 0. The van der Waals surface area contributed by atoms with Gasteiger partial charge >= 0.3 is 12.6 Å². The fourth-order valence-corrected chi connectivity index (χ4v) is 0.426. The van der Waals surface area contributed by atoms with E-state index in [9.17, 15) is 4.79 Å². The predicted octanol–water partition coefficient (Wildman–Crippen LogP) is 0.144. The van der Waals surface area contributed by atoms with Crippen molar-refractivity contribution in [1.82, 2.24) is 5.32 Å². The van der Waals surface area contributed by atoms with Crippen LogP contribution in [0.1, 0.15) is 0 Å². The van der Waals surface area contributed by atoms with Crippen molar-refractivity contribution in [3.63, 3.8) is 0 Å². The first-order valence-electron chi connectivity index (χ1n) is 2.67. The van der Waals surface area contributed by atoms with E-state index in [1.165, 1.54) is 19.6 Å². The Morgan fingerprint density at radius 3 is 2.70 bits per heavy atom. The second kappa shape index (κ2) is 2.95. The van der Waals surface area contributed by atoms with Gasteiger partial charge in [-0.1, -0.05) is 0 Å². The monoisotopic (exact) mass is 145 g/mol. The highest BCUT2D eigenvalue weighted by Crippen LogP contribution is 2.05. The summed E-state index contributed by atoms with van der Waals surface area (Å²) in [5, 5.41) is 2.24. The molecule has 0 aromatic rings.